The molecule has 2 amide bonds. The number of carbonyl (C=O) groups excluding carboxylic acids is 1. The summed E-state index contributed by atoms with van der Waals surface area (Å²) < 4.78 is 0. The third-order valence-corrected chi connectivity index (χ3v) is 3.97. The molecule has 1 fully saturated rings. The molecule has 1 heterocycles. The predicted octanol–water partition coefficient (Wildman–Crippen LogP) is 3.82. The molecule has 1 aliphatic rings. The zero-order valence-corrected chi connectivity index (χ0v) is 13.6. The molecule has 1 saturated heterocycles. The molecule has 7 nitrogen and oxygen atoms in total. The predicted molar refractivity (Wildman–Crippen MR) is 95.6 cm³/mol. The van der Waals surface area contributed by atoms with Crippen molar-refractivity contribution >= 4 is 23.2 Å². The number of rotatable bonds is 4. The normalized spacial score (nSPS) is 15.4. The van der Waals surface area contributed by atoms with E-state index in [0.717, 1.165) is 31.8 Å². The van der Waals surface area contributed by atoms with Crippen molar-refractivity contribution in [1.29, 1.82) is 0 Å². The third-order valence-electron chi connectivity index (χ3n) is 3.97. The van der Waals surface area contributed by atoms with Gasteiger partial charge in [0.1, 0.15) is 5.84 Å². The molecule has 0 atom stereocenters. The number of likely N-dealkylation sites (tertiary alicyclic amines) is 1. The first-order valence-electron chi connectivity index (χ1n) is 8.04. The molecule has 0 saturated carbocycles. The number of nitro groups is 1. The molecule has 2 aromatic carbocycles. The fraction of sp³-hybridized carbons (Fsp3) is 0.222. The summed E-state index contributed by atoms with van der Waals surface area (Å²) in [6, 6.07) is 15.3. The Morgan fingerprint density at radius 2 is 1.88 bits per heavy atom. The van der Waals surface area contributed by atoms with Crippen LogP contribution in [0.25, 0.3) is 0 Å². The average Bonchev–Trinajstić information content (AvgIpc) is 3.03. The maximum Gasteiger partial charge on any atom is 0.347 e. The number of urea groups is 1. The van der Waals surface area contributed by atoms with Gasteiger partial charge in [-0.15, -0.1) is 0 Å². The molecule has 3 rings (SSSR count). The van der Waals surface area contributed by atoms with E-state index in [1.807, 2.05) is 30.3 Å². The molecule has 0 spiro atoms. The Kier molecular flexibility index (Phi) is 5.03. The van der Waals surface area contributed by atoms with Crippen molar-refractivity contribution in [2.75, 3.05) is 11.9 Å². The first-order valence-corrected chi connectivity index (χ1v) is 8.04. The van der Waals surface area contributed by atoms with Crippen molar-refractivity contribution in [2.45, 2.75) is 19.4 Å². The summed E-state index contributed by atoms with van der Waals surface area (Å²) in [5.74, 6) is 0.767. The van der Waals surface area contributed by atoms with E-state index in [-0.39, 0.29) is 5.69 Å². The molecule has 7 heteroatoms. The summed E-state index contributed by atoms with van der Waals surface area (Å²) in [5.41, 5.74) is 1.63. The maximum atomic E-state index is 12.1. The van der Waals surface area contributed by atoms with Crippen molar-refractivity contribution in [2.24, 2.45) is 4.99 Å². The number of nitrogens with one attached hydrogen (secondary N) is 1. The van der Waals surface area contributed by atoms with Crippen LogP contribution in [-0.2, 0) is 6.54 Å². The Bertz CT molecular complexity index is 788. The highest BCUT2D eigenvalue weighted by atomic mass is 16.6. The van der Waals surface area contributed by atoms with E-state index in [9.17, 15) is 14.9 Å². The summed E-state index contributed by atoms with van der Waals surface area (Å²) >= 11 is 0. The molecule has 0 aromatic heterocycles. The number of non-ortho nitro benzene ring substituents is 1. The van der Waals surface area contributed by atoms with Crippen LogP contribution in [-0.4, -0.2) is 28.2 Å². The van der Waals surface area contributed by atoms with Crippen LogP contribution in [0.15, 0.2) is 59.6 Å². The number of hydrogen-bond donors (Lipinski definition) is 1. The van der Waals surface area contributed by atoms with Gasteiger partial charge in [-0.2, -0.15) is 4.99 Å². The molecule has 2 aromatic rings. The van der Waals surface area contributed by atoms with E-state index in [2.05, 4.69) is 15.2 Å². The van der Waals surface area contributed by atoms with E-state index < -0.39 is 11.0 Å². The molecule has 1 aliphatic heterocycles. The summed E-state index contributed by atoms with van der Waals surface area (Å²) in [6.45, 7) is 1.60. The zero-order valence-electron chi connectivity index (χ0n) is 13.6. The quantitative estimate of drug-likeness (QED) is 0.678. The highest BCUT2D eigenvalue weighted by Crippen LogP contribution is 2.18. The minimum absolute atomic E-state index is 0.0193. The highest BCUT2D eigenvalue weighted by molar-refractivity contribution is 6.00. The third kappa shape index (κ3) is 4.41. The summed E-state index contributed by atoms with van der Waals surface area (Å²) in [7, 11) is 0. The Morgan fingerprint density at radius 3 is 2.56 bits per heavy atom. The monoisotopic (exact) mass is 338 g/mol. The van der Waals surface area contributed by atoms with Gasteiger partial charge in [-0.05, 0) is 24.1 Å². The van der Waals surface area contributed by atoms with Gasteiger partial charge in [0, 0.05) is 37.3 Å². The SMILES string of the molecule is O=C(N=C1CCCN1Cc1ccccc1)Nc1ccc([N+](=O)[O-])cc1. The van der Waals surface area contributed by atoms with Gasteiger partial charge in [0.05, 0.1) is 4.92 Å². The van der Waals surface area contributed by atoms with Crippen LogP contribution >= 0.6 is 0 Å². The molecule has 1 N–H and O–H groups in total. The Labute approximate surface area is 145 Å². The van der Waals surface area contributed by atoms with Crippen molar-refractivity contribution < 1.29 is 9.72 Å². The molecule has 0 bridgehead atoms. The van der Waals surface area contributed by atoms with Gasteiger partial charge < -0.3 is 10.2 Å². The number of anilines is 1. The lowest BCUT2D eigenvalue weighted by Gasteiger charge is -2.18. The largest absolute Gasteiger partial charge is 0.356 e. The van der Waals surface area contributed by atoms with Crippen LogP contribution in [0.1, 0.15) is 18.4 Å². The van der Waals surface area contributed by atoms with E-state index in [4.69, 9.17) is 0 Å². The maximum absolute atomic E-state index is 12.1. The van der Waals surface area contributed by atoms with Gasteiger partial charge in [-0.25, -0.2) is 4.79 Å². The number of hydrogen-bond acceptors (Lipinski definition) is 3. The number of carbonyl (C=O) groups is 1. The molecule has 0 aliphatic carbocycles. The van der Waals surface area contributed by atoms with E-state index in [0.29, 0.717) is 5.69 Å². The highest BCUT2D eigenvalue weighted by Gasteiger charge is 2.20. The zero-order chi connectivity index (χ0) is 17.6. The van der Waals surface area contributed by atoms with E-state index in [1.54, 1.807) is 0 Å². The number of benzene rings is 2. The van der Waals surface area contributed by atoms with Gasteiger partial charge in [0.25, 0.3) is 5.69 Å². The molecular weight excluding hydrogens is 320 g/mol. The number of nitro benzene ring substituents is 1. The van der Waals surface area contributed by atoms with Crippen molar-refractivity contribution in [3.8, 4) is 0 Å². The lowest BCUT2D eigenvalue weighted by atomic mass is 10.2. The van der Waals surface area contributed by atoms with Crippen molar-refractivity contribution in [1.82, 2.24) is 4.90 Å². The minimum Gasteiger partial charge on any atom is -0.356 e. The summed E-state index contributed by atoms with van der Waals surface area (Å²) in [6.07, 6.45) is 1.73. The van der Waals surface area contributed by atoms with E-state index >= 15 is 0 Å². The Morgan fingerprint density at radius 1 is 1.16 bits per heavy atom. The average molecular weight is 338 g/mol. The number of amides is 2. The van der Waals surface area contributed by atoms with Gasteiger partial charge in [-0.3, -0.25) is 10.1 Å². The van der Waals surface area contributed by atoms with E-state index in [1.165, 1.54) is 29.8 Å². The molecule has 0 radical (unpaired) electrons. The van der Waals surface area contributed by atoms with Gasteiger partial charge in [0.2, 0.25) is 0 Å². The van der Waals surface area contributed by atoms with Crippen LogP contribution in [0, 0.1) is 10.1 Å². The first-order chi connectivity index (χ1) is 12.1. The fourth-order valence-electron chi connectivity index (χ4n) is 2.75. The number of nitrogens with zero attached hydrogens (tertiary/aromatic N) is 3. The van der Waals surface area contributed by atoms with Crippen molar-refractivity contribution in [3.63, 3.8) is 0 Å². The van der Waals surface area contributed by atoms with Crippen LogP contribution in [0.2, 0.25) is 0 Å². The van der Waals surface area contributed by atoms with Crippen molar-refractivity contribution in [3.05, 3.63) is 70.3 Å². The minimum atomic E-state index is -0.480. The second-order valence-corrected chi connectivity index (χ2v) is 5.77. The van der Waals surface area contributed by atoms with Crippen LogP contribution in [0.4, 0.5) is 16.2 Å². The Hall–Kier alpha value is -3.22. The summed E-state index contributed by atoms with van der Waals surface area (Å²) in [4.78, 5) is 28.6. The number of amidine groups is 1. The smallest absolute Gasteiger partial charge is 0.347 e. The van der Waals surface area contributed by atoms with Gasteiger partial charge in [0.15, 0.2) is 0 Å². The standard InChI is InChI=1S/C18H18N4O3/c23-18(19-15-8-10-16(11-9-15)22(24)25)20-17-7-4-12-21(17)13-14-5-2-1-3-6-14/h1-3,5-6,8-11H,4,7,12-13H2,(H,19,23). The van der Waals surface area contributed by atoms with Crippen LogP contribution < -0.4 is 5.32 Å². The molecule has 128 valence electrons. The number of aliphatic imine (C=N–C) groups is 1. The summed E-state index contributed by atoms with van der Waals surface area (Å²) in [5, 5.41) is 13.3. The topological polar surface area (TPSA) is 87.8 Å². The second kappa shape index (κ2) is 7.57. The van der Waals surface area contributed by atoms with Gasteiger partial charge >= 0.3 is 6.03 Å². The lowest BCUT2D eigenvalue weighted by molar-refractivity contribution is -0.384. The van der Waals surface area contributed by atoms with Gasteiger partial charge in [-0.1, -0.05) is 30.3 Å². The first kappa shape index (κ1) is 16.6. The van der Waals surface area contributed by atoms with Crippen LogP contribution in [0.5, 0.6) is 0 Å². The van der Waals surface area contributed by atoms with Crippen LogP contribution in [0.3, 0.4) is 0 Å². The molecule has 25 heavy (non-hydrogen) atoms. The molecule has 0 unspecified atom stereocenters. The fourth-order valence-corrected chi connectivity index (χ4v) is 2.75. The molecular formula is C18H18N4O3. The Balaban J connectivity index is 1.64. The lowest BCUT2D eigenvalue weighted by Crippen LogP contribution is -2.26. The second-order valence-electron chi connectivity index (χ2n) is 5.77.